The lowest BCUT2D eigenvalue weighted by atomic mass is 10.1. The highest BCUT2D eigenvalue weighted by Crippen LogP contribution is 2.27. The molecule has 0 bridgehead atoms. The molecule has 2 aromatic carbocycles. The van der Waals surface area contributed by atoms with E-state index in [0.717, 1.165) is 16.5 Å². The lowest BCUT2D eigenvalue weighted by Crippen LogP contribution is -2.39. The van der Waals surface area contributed by atoms with Gasteiger partial charge in [-0.2, -0.15) is 5.10 Å². The molecule has 0 spiro atoms. The number of hydrogen-bond acceptors (Lipinski definition) is 5. The number of nitrogens with two attached hydrogens (primary N) is 1. The van der Waals surface area contributed by atoms with Crippen LogP contribution in [0.25, 0.3) is 10.9 Å². The summed E-state index contributed by atoms with van der Waals surface area (Å²) in [6.45, 7) is 1.94. The van der Waals surface area contributed by atoms with Crippen molar-refractivity contribution in [3.05, 3.63) is 66.1 Å². The van der Waals surface area contributed by atoms with Crippen molar-refractivity contribution in [1.29, 1.82) is 0 Å². The molecule has 2 heterocycles. The summed E-state index contributed by atoms with van der Waals surface area (Å²) in [5, 5.41) is 9.29. The molecule has 1 aliphatic heterocycles. The monoisotopic (exact) mass is 391 g/mol. The van der Waals surface area contributed by atoms with E-state index in [1.807, 2.05) is 19.1 Å². The van der Waals surface area contributed by atoms with Gasteiger partial charge in [-0.15, -0.1) is 0 Å². The number of benzene rings is 2. The molecule has 1 aliphatic rings. The lowest BCUT2D eigenvalue weighted by molar-refractivity contribution is -0.119. The maximum absolute atomic E-state index is 13.2. The van der Waals surface area contributed by atoms with Crippen LogP contribution in [0.3, 0.4) is 0 Å². The predicted octanol–water partition coefficient (Wildman–Crippen LogP) is 2.74. The highest BCUT2D eigenvalue weighted by molar-refractivity contribution is 6.44. The largest absolute Gasteiger partial charge is 0.368 e. The quantitative estimate of drug-likeness (QED) is 0.714. The van der Waals surface area contributed by atoms with Crippen LogP contribution in [0.4, 0.5) is 15.8 Å². The zero-order valence-electron chi connectivity index (χ0n) is 15.6. The van der Waals surface area contributed by atoms with Gasteiger partial charge in [-0.3, -0.25) is 19.6 Å². The number of amides is 2. The van der Waals surface area contributed by atoms with Crippen molar-refractivity contribution < 1.29 is 14.0 Å². The molecule has 0 saturated heterocycles. The minimum absolute atomic E-state index is 0.0561. The topological polar surface area (TPSA) is 101 Å². The van der Waals surface area contributed by atoms with Gasteiger partial charge in [-0.1, -0.05) is 6.07 Å². The van der Waals surface area contributed by atoms with Crippen LogP contribution in [0, 0.1) is 12.7 Å². The van der Waals surface area contributed by atoms with Crippen LogP contribution in [0.2, 0.25) is 0 Å². The van der Waals surface area contributed by atoms with Crippen LogP contribution < -0.4 is 16.1 Å². The van der Waals surface area contributed by atoms with E-state index in [0.29, 0.717) is 11.4 Å². The first-order valence-corrected chi connectivity index (χ1v) is 9.01. The number of pyridine rings is 1. The lowest BCUT2D eigenvalue weighted by Gasteiger charge is -2.20. The maximum atomic E-state index is 13.2. The molecular weight excluding hydrogens is 373 g/mol. The van der Waals surface area contributed by atoms with Gasteiger partial charge in [0.1, 0.15) is 17.6 Å². The molecule has 0 aliphatic carbocycles. The first-order valence-electron chi connectivity index (χ1n) is 9.01. The van der Waals surface area contributed by atoms with Gasteiger partial charge >= 0.3 is 0 Å². The molecule has 146 valence electrons. The Hall–Kier alpha value is -3.81. The Labute approximate surface area is 166 Å². The van der Waals surface area contributed by atoms with Crippen LogP contribution in [0.1, 0.15) is 12.0 Å². The van der Waals surface area contributed by atoms with Gasteiger partial charge in [0.05, 0.1) is 16.9 Å². The molecule has 2 amide bonds. The number of nitrogens with zero attached hydrogens (tertiary/aromatic N) is 3. The summed E-state index contributed by atoms with van der Waals surface area (Å²) in [4.78, 5) is 29.1. The Balaban J connectivity index is 1.63. The highest BCUT2D eigenvalue weighted by Gasteiger charge is 2.35. The fourth-order valence-electron chi connectivity index (χ4n) is 3.32. The van der Waals surface area contributed by atoms with Gasteiger partial charge in [0.25, 0.3) is 5.91 Å². The molecule has 0 unspecified atom stereocenters. The molecule has 0 radical (unpaired) electrons. The van der Waals surface area contributed by atoms with Crippen LogP contribution in [-0.4, -0.2) is 28.6 Å². The molecule has 29 heavy (non-hydrogen) atoms. The third-order valence-corrected chi connectivity index (χ3v) is 4.81. The summed E-state index contributed by atoms with van der Waals surface area (Å²) in [5.41, 5.74) is 8.52. The van der Waals surface area contributed by atoms with Crippen molar-refractivity contribution in [3.8, 4) is 0 Å². The number of anilines is 2. The number of primary amides is 1. The number of aromatic nitrogens is 1. The normalized spacial score (nSPS) is 16.0. The van der Waals surface area contributed by atoms with Crippen LogP contribution >= 0.6 is 0 Å². The summed E-state index contributed by atoms with van der Waals surface area (Å²) in [6.07, 6.45) is 1.75. The molecule has 1 atom stereocenters. The van der Waals surface area contributed by atoms with E-state index < -0.39 is 23.7 Å². The summed E-state index contributed by atoms with van der Waals surface area (Å²) < 4.78 is 13.2. The van der Waals surface area contributed by atoms with Gasteiger partial charge in [-0.05, 0) is 55.0 Å². The van der Waals surface area contributed by atoms with Crippen molar-refractivity contribution in [2.45, 2.75) is 19.4 Å². The van der Waals surface area contributed by atoms with E-state index in [4.69, 9.17) is 5.73 Å². The maximum Gasteiger partial charge on any atom is 0.271 e. The van der Waals surface area contributed by atoms with Crippen LogP contribution in [-0.2, 0) is 9.59 Å². The minimum atomic E-state index is -0.822. The third kappa shape index (κ3) is 3.52. The second-order valence-electron chi connectivity index (χ2n) is 6.77. The fourth-order valence-corrected chi connectivity index (χ4v) is 3.32. The van der Waals surface area contributed by atoms with Crippen molar-refractivity contribution in [2.75, 3.05) is 10.3 Å². The molecule has 3 N–H and O–H groups in total. The number of hydrazone groups is 1. The molecule has 3 aromatic rings. The minimum Gasteiger partial charge on any atom is -0.368 e. The Morgan fingerprint density at radius 3 is 2.66 bits per heavy atom. The van der Waals surface area contributed by atoms with Gasteiger partial charge in [-0.25, -0.2) is 4.39 Å². The predicted molar refractivity (Wildman–Crippen MR) is 109 cm³/mol. The molecule has 7 nitrogen and oxygen atoms in total. The molecule has 0 saturated carbocycles. The number of carbonyl (C=O) groups excluding carboxylic acids is 2. The Morgan fingerprint density at radius 1 is 1.17 bits per heavy atom. The Bertz CT molecular complexity index is 1140. The number of fused-ring (bicyclic) bond motifs is 1. The van der Waals surface area contributed by atoms with Crippen LogP contribution in [0.15, 0.2) is 59.8 Å². The smallest absolute Gasteiger partial charge is 0.271 e. The first-order chi connectivity index (χ1) is 13.9. The summed E-state index contributed by atoms with van der Waals surface area (Å²) in [5.74, 6) is -1.47. The van der Waals surface area contributed by atoms with E-state index >= 15 is 0 Å². The van der Waals surface area contributed by atoms with E-state index in [-0.39, 0.29) is 12.1 Å². The zero-order chi connectivity index (χ0) is 20.5. The SMILES string of the molecule is Cc1ccc(NC(=O)C2=NN(c3ccc(F)cc3)[C@@H](C(N)=O)C2)c2cccnc12. The van der Waals surface area contributed by atoms with Crippen molar-refractivity contribution >= 4 is 39.8 Å². The molecule has 0 fully saturated rings. The molecule has 8 heteroatoms. The number of aryl methyl sites for hydroxylation is 1. The average Bonchev–Trinajstić information content (AvgIpc) is 3.17. The molecule has 1 aromatic heterocycles. The Morgan fingerprint density at radius 2 is 1.93 bits per heavy atom. The van der Waals surface area contributed by atoms with Gasteiger partial charge < -0.3 is 11.1 Å². The number of rotatable bonds is 4. The van der Waals surface area contributed by atoms with Gasteiger partial charge in [0, 0.05) is 18.0 Å². The van der Waals surface area contributed by atoms with Crippen LogP contribution in [0.5, 0.6) is 0 Å². The van der Waals surface area contributed by atoms with Crippen molar-refractivity contribution in [3.63, 3.8) is 0 Å². The molecular formula is C21H18FN5O2. The number of nitrogens with one attached hydrogen (secondary N) is 1. The number of carbonyl (C=O) groups is 2. The van der Waals surface area contributed by atoms with E-state index in [9.17, 15) is 14.0 Å². The van der Waals surface area contributed by atoms with E-state index in [2.05, 4.69) is 15.4 Å². The van der Waals surface area contributed by atoms with E-state index in [1.165, 1.54) is 29.3 Å². The number of hydrogen-bond donors (Lipinski definition) is 2. The third-order valence-electron chi connectivity index (χ3n) is 4.81. The zero-order valence-corrected chi connectivity index (χ0v) is 15.6. The number of halogens is 1. The average molecular weight is 391 g/mol. The van der Waals surface area contributed by atoms with Crippen molar-refractivity contribution in [1.82, 2.24) is 4.98 Å². The summed E-state index contributed by atoms with van der Waals surface area (Å²) in [6, 6.07) is 12.0. The highest BCUT2D eigenvalue weighted by atomic mass is 19.1. The second-order valence-corrected chi connectivity index (χ2v) is 6.77. The van der Waals surface area contributed by atoms with Crippen molar-refractivity contribution in [2.24, 2.45) is 10.8 Å². The summed E-state index contributed by atoms with van der Waals surface area (Å²) in [7, 11) is 0. The first kappa shape index (κ1) is 18.5. The van der Waals surface area contributed by atoms with Gasteiger partial charge in [0.2, 0.25) is 5.91 Å². The Kier molecular flexibility index (Phi) is 4.67. The molecule has 4 rings (SSSR count). The van der Waals surface area contributed by atoms with Gasteiger partial charge in [0.15, 0.2) is 0 Å². The summed E-state index contributed by atoms with van der Waals surface area (Å²) >= 11 is 0. The van der Waals surface area contributed by atoms with E-state index in [1.54, 1.807) is 18.3 Å². The fraction of sp³-hybridized carbons (Fsp3) is 0.143. The standard InChI is InChI=1S/C21H18FN5O2/c1-12-4-9-16(15-3-2-10-24-19(12)15)25-21(29)17-11-18(20(23)28)27(26-17)14-7-5-13(22)6-8-14/h2-10,18H,11H2,1H3,(H2,23,28)(H,25,29)/t18-/m1/s1. The second kappa shape index (κ2) is 7.31.